The van der Waals surface area contributed by atoms with Crippen LogP contribution in [0, 0.1) is 0 Å². The van der Waals surface area contributed by atoms with E-state index < -0.39 is 17.8 Å². The predicted molar refractivity (Wildman–Crippen MR) is 83.9 cm³/mol. The fourth-order valence-corrected chi connectivity index (χ4v) is 2.04. The van der Waals surface area contributed by atoms with Crippen LogP contribution in [0.4, 0.5) is 9.59 Å². The Labute approximate surface area is 134 Å². The lowest BCUT2D eigenvalue weighted by atomic mass is 10.2. The summed E-state index contributed by atoms with van der Waals surface area (Å²) in [5, 5.41) is 0.838. The van der Waals surface area contributed by atoms with E-state index in [2.05, 4.69) is 10.2 Å². The first-order valence-electron chi connectivity index (χ1n) is 7.10. The molecule has 0 spiro atoms. The van der Waals surface area contributed by atoms with Gasteiger partial charge in [-0.15, -0.1) is 0 Å². The smallest absolute Gasteiger partial charge is 0.431 e. The second-order valence-corrected chi connectivity index (χ2v) is 5.90. The summed E-state index contributed by atoms with van der Waals surface area (Å²) in [4.78, 5) is 28.4. The fourth-order valence-electron chi connectivity index (χ4n) is 2.04. The number of carbonyl (C=O) groups is 2. The van der Waals surface area contributed by atoms with Crippen LogP contribution in [0.3, 0.4) is 0 Å². The Kier molecular flexibility index (Phi) is 4.90. The third-order valence-corrected chi connectivity index (χ3v) is 2.95. The molecule has 0 saturated heterocycles. The second kappa shape index (κ2) is 6.70. The van der Waals surface area contributed by atoms with Gasteiger partial charge in [-0.05, 0) is 26.8 Å². The van der Waals surface area contributed by atoms with Gasteiger partial charge in [-0.2, -0.15) is 5.48 Å². The Morgan fingerprint density at radius 2 is 1.91 bits per heavy atom. The molecule has 1 aromatic heterocycles. The number of hydrogen-bond donors (Lipinski definition) is 1. The van der Waals surface area contributed by atoms with E-state index in [4.69, 9.17) is 9.57 Å². The molecule has 0 bridgehead atoms. The molecule has 2 aromatic rings. The van der Waals surface area contributed by atoms with Crippen LogP contribution >= 0.6 is 0 Å². The van der Waals surface area contributed by atoms with Crippen LogP contribution in [-0.4, -0.2) is 29.5 Å². The van der Waals surface area contributed by atoms with Gasteiger partial charge < -0.3 is 9.47 Å². The summed E-state index contributed by atoms with van der Waals surface area (Å²) in [5.41, 5.74) is 2.99. The van der Waals surface area contributed by atoms with Gasteiger partial charge in [0.15, 0.2) is 0 Å². The second-order valence-electron chi connectivity index (χ2n) is 5.90. The highest BCUT2D eigenvalue weighted by atomic mass is 16.7. The highest BCUT2D eigenvalue weighted by molar-refractivity contribution is 5.92. The van der Waals surface area contributed by atoms with Crippen LogP contribution in [0.15, 0.2) is 30.5 Å². The van der Waals surface area contributed by atoms with Gasteiger partial charge in [0.05, 0.1) is 12.6 Å². The SMILES string of the molecule is COC(=O)NOCc1cn(C(=O)OC(C)(C)C)c2ccccc12. The summed E-state index contributed by atoms with van der Waals surface area (Å²) >= 11 is 0. The summed E-state index contributed by atoms with van der Waals surface area (Å²) in [5.74, 6) is 0. The van der Waals surface area contributed by atoms with Crippen LogP contribution in [0.25, 0.3) is 10.9 Å². The molecular weight excluding hydrogens is 300 g/mol. The molecule has 2 rings (SSSR count). The van der Waals surface area contributed by atoms with E-state index >= 15 is 0 Å². The lowest BCUT2D eigenvalue weighted by Crippen LogP contribution is -2.26. The Morgan fingerprint density at radius 1 is 1.22 bits per heavy atom. The number of para-hydroxylation sites is 1. The Hall–Kier alpha value is -2.54. The number of ether oxygens (including phenoxy) is 2. The summed E-state index contributed by atoms with van der Waals surface area (Å²) < 4.78 is 11.2. The topological polar surface area (TPSA) is 78.8 Å². The summed E-state index contributed by atoms with van der Waals surface area (Å²) in [6, 6.07) is 7.38. The number of amides is 1. The maximum atomic E-state index is 12.3. The molecule has 0 aliphatic carbocycles. The molecule has 0 unspecified atom stereocenters. The van der Waals surface area contributed by atoms with Gasteiger partial charge in [0.25, 0.3) is 0 Å². The lowest BCUT2D eigenvalue weighted by molar-refractivity contribution is 0.0253. The van der Waals surface area contributed by atoms with Crippen LogP contribution in [0.2, 0.25) is 0 Å². The lowest BCUT2D eigenvalue weighted by Gasteiger charge is -2.19. The number of hydroxylamine groups is 1. The minimum Gasteiger partial charge on any atom is -0.451 e. The number of nitrogens with one attached hydrogen (secondary N) is 1. The van der Waals surface area contributed by atoms with Gasteiger partial charge in [0.2, 0.25) is 0 Å². The van der Waals surface area contributed by atoms with Crippen LogP contribution in [0.5, 0.6) is 0 Å². The molecule has 0 saturated carbocycles. The fraction of sp³-hybridized carbons (Fsp3) is 0.375. The van der Waals surface area contributed by atoms with E-state index in [1.54, 1.807) is 27.0 Å². The van der Waals surface area contributed by atoms with Crippen molar-refractivity contribution in [1.82, 2.24) is 10.0 Å². The summed E-state index contributed by atoms with van der Waals surface area (Å²) in [6.07, 6.45) is 0.472. The number of fused-ring (bicyclic) bond motifs is 1. The molecule has 0 radical (unpaired) electrons. The number of rotatable bonds is 3. The standard InChI is InChI=1S/C16H20N2O5/c1-16(2,3)23-15(20)18-9-11(10-22-17-14(19)21-4)12-7-5-6-8-13(12)18/h5-9H,10H2,1-4H3,(H,17,19). The summed E-state index contributed by atoms with van der Waals surface area (Å²) in [6.45, 7) is 5.51. The van der Waals surface area contributed by atoms with Gasteiger partial charge in [0.1, 0.15) is 12.2 Å². The molecule has 1 amide bonds. The molecule has 1 aromatic carbocycles. The molecule has 1 heterocycles. The van der Waals surface area contributed by atoms with Gasteiger partial charge in [0, 0.05) is 17.1 Å². The zero-order chi connectivity index (χ0) is 17.0. The quantitative estimate of drug-likeness (QED) is 0.879. The first-order chi connectivity index (χ1) is 10.8. The van der Waals surface area contributed by atoms with E-state index in [1.165, 1.54) is 11.7 Å². The molecule has 0 fully saturated rings. The van der Waals surface area contributed by atoms with Crippen molar-refractivity contribution in [2.75, 3.05) is 7.11 Å². The molecular formula is C16H20N2O5. The highest BCUT2D eigenvalue weighted by Gasteiger charge is 2.20. The van der Waals surface area contributed by atoms with Crippen molar-refractivity contribution in [3.63, 3.8) is 0 Å². The van der Waals surface area contributed by atoms with E-state index in [0.717, 1.165) is 10.9 Å². The number of hydrogen-bond acceptors (Lipinski definition) is 5. The van der Waals surface area contributed by atoms with E-state index in [-0.39, 0.29) is 6.61 Å². The van der Waals surface area contributed by atoms with Gasteiger partial charge in [-0.1, -0.05) is 18.2 Å². The van der Waals surface area contributed by atoms with Gasteiger partial charge in [-0.25, -0.2) is 9.59 Å². The number of methoxy groups -OCH3 is 1. The third-order valence-electron chi connectivity index (χ3n) is 2.95. The number of aromatic nitrogens is 1. The number of nitrogens with zero attached hydrogens (tertiary/aromatic N) is 1. The van der Waals surface area contributed by atoms with Crippen LogP contribution < -0.4 is 5.48 Å². The minimum absolute atomic E-state index is 0.0887. The third kappa shape index (κ3) is 4.23. The molecule has 23 heavy (non-hydrogen) atoms. The molecule has 0 aliphatic heterocycles. The van der Waals surface area contributed by atoms with Crippen molar-refractivity contribution >= 4 is 23.1 Å². The van der Waals surface area contributed by atoms with Crippen molar-refractivity contribution in [2.45, 2.75) is 33.0 Å². The first kappa shape index (κ1) is 16.8. The molecule has 1 N–H and O–H groups in total. The number of carbonyl (C=O) groups excluding carboxylic acids is 2. The molecule has 124 valence electrons. The normalized spacial score (nSPS) is 11.3. The average Bonchev–Trinajstić information content (AvgIpc) is 2.85. The van der Waals surface area contributed by atoms with E-state index in [9.17, 15) is 9.59 Å². The monoisotopic (exact) mass is 320 g/mol. The first-order valence-corrected chi connectivity index (χ1v) is 7.10. The van der Waals surface area contributed by atoms with Crippen molar-refractivity contribution < 1.29 is 23.9 Å². The largest absolute Gasteiger partial charge is 0.451 e. The molecule has 7 nitrogen and oxygen atoms in total. The molecule has 7 heteroatoms. The van der Waals surface area contributed by atoms with E-state index in [1.807, 2.05) is 24.3 Å². The van der Waals surface area contributed by atoms with E-state index in [0.29, 0.717) is 5.52 Å². The maximum absolute atomic E-state index is 12.3. The average molecular weight is 320 g/mol. The van der Waals surface area contributed by atoms with Crippen LogP contribution in [-0.2, 0) is 20.9 Å². The number of benzene rings is 1. The maximum Gasteiger partial charge on any atom is 0.431 e. The van der Waals surface area contributed by atoms with Gasteiger partial charge >= 0.3 is 12.2 Å². The Balaban J connectivity index is 2.25. The predicted octanol–water partition coefficient (Wildman–Crippen LogP) is 3.21. The van der Waals surface area contributed by atoms with Crippen molar-refractivity contribution in [3.8, 4) is 0 Å². The molecule has 0 aliphatic rings. The van der Waals surface area contributed by atoms with Crippen molar-refractivity contribution in [1.29, 1.82) is 0 Å². The van der Waals surface area contributed by atoms with Crippen molar-refractivity contribution in [2.24, 2.45) is 0 Å². The summed E-state index contributed by atoms with van der Waals surface area (Å²) in [7, 11) is 1.24. The highest BCUT2D eigenvalue weighted by Crippen LogP contribution is 2.23. The Morgan fingerprint density at radius 3 is 2.57 bits per heavy atom. The zero-order valence-corrected chi connectivity index (χ0v) is 13.6. The van der Waals surface area contributed by atoms with Crippen LogP contribution in [0.1, 0.15) is 26.3 Å². The minimum atomic E-state index is -0.694. The van der Waals surface area contributed by atoms with Gasteiger partial charge in [-0.3, -0.25) is 9.40 Å². The Bertz CT molecular complexity index is 715. The zero-order valence-electron chi connectivity index (χ0n) is 13.6. The molecule has 0 atom stereocenters. The van der Waals surface area contributed by atoms with Crippen molar-refractivity contribution in [3.05, 3.63) is 36.0 Å².